The molecular weight excluding hydrogens is 274 g/mol. The van der Waals surface area contributed by atoms with Gasteiger partial charge in [0.15, 0.2) is 5.76 Å². The summed E-state index contributed by atoms with van der Waals surface area (Å²) in [6.07, 6.45) is 5.26. The molecule has 0 aliphatic carbocycles. The highest BCUT2D eigenvalue weighted by Crippen LogP contribution is 2.21. The SMILES string of the molecule is O=C(/C=C/c1c[nH]c2ccccc12)c1cc2ccccc2o1. The molecule has 2 aromatic carbocycles. The van der Waals surface area contributed by atoms with E-state index in [1.54, 1.807) is 12.1 Å². The largest absolute Gasteiger partial charge is 0.453 e. The Bertz CT molecular complexity index is 971. The minimum absolute atomic E-state index is 0.138. The maximum absolute atomic E-state index is 12.3. The fourth-order valence-electron chi connectivity index (χ4n) is 2.58. The number of aromatic nitrogens is 1. The number of H-pyrrole nitrogens is 1. The van der Waals surface area contributed by atoms with Crippen molar-refractivity contribution >= 4 is 33.7 Å². The van der Waals surface area contributed by atoms with E-state index in [4.69, 9.17) is 4.42 Å². The summed E-state index contributed by atoms with van der Waals surface area (Å²) in [5.41, 5.74) is 2.77. The van der Waals surface area contributed by atoms with Gasteiger partial charge in [-0.05, 0) is 35.9 Å². The van der Waals surface area contributed by atoms with Crippen LogP contribution >= 0.6 is 0 Å². The molecule has 0 aliphatic rings. The molecule has 106 valence electrons. The van der Waals surface area contributed by atoms with E-state index in [1.165, 1.54) is 0 Å². The smallest absolute Gasteiger partial charge is 0.221 e. The minimum atomic E-state index is -0.138. The van der Waals surface area contributed by atoms with E-state index in [0.717, 1.165) is 27.4 Å². The molecule has 0 saturated heterocycles. The number of allylic oxidation sites excluding steroid dienone is 1. The lowest BCUT2D eigenvalue weighted by Gasteiger charge is -1.91. The summed E-state index contributed by atoms with van der Waals surface area (Å²) in [5.74, 6) is 0.221. The Morgan fingerprint density at radius 1 is 1.05 bits per heavy atom. The van der Waals surface area contributed by atoms with E-state index >= 15 is 0 Å². The summed E-state index contributed by atoms with van der Waals surface area (Å²) >= 11 is 0. The van der Waals surface area contributed by atoms with E-state index < -0.39 is 0 Å². The molecule has 0 spiro atoms. The number of hydrogen-bond donors (Lipinski definition) is 1. The highest BCUT2D eigenvalue weighted by molar-refractivity contribution is 6.07. The third kappa shape index (κ3) is 2.13. The highest BCUT2D eigenvalue weighted by atomic mass is 16.3. The van der Waals surface area contributed by atoms with Gasteiger partial charge in [0.2, 0.25) is 5.78 Å². The van der Waals surface area contributed by atoms with Gasteiger partial charge in [-0.3, -0.25) is 4.79 Å². The molecule has 2 heterocycles. The van der Waals surface area contributed by atoms with Crippen LogP contribution in [-0.2, 0) is 0 Å². The summed E-state index contributed by atoms with van der Waals surface area (Å²) in [4.78, 5) is 15.4. The van der Waals surface area contributed by atoms with Crippen molar-refractivity contribution in [3.8, 4) is 0 Å². The maximum Gasteiger partial charge on any atom is 0.221 e. The lowest BCUT2D eigenvalue weighted by atomic mass is 10.1. The summed E-state index contributed by atoms with van der Waals surface area (Å²) in [6, 6.07) is 17.4. The fourth-order valence-corrected chi connectivity index (χ4v) is 2.58. The van der Waals surface area contributed by atoms with Crippen molar-refractivity contribution in [1.82, 2.24) is 4.98 Å². The number of furan rings is 1. The summed E-state index contributed by atoms with van der Waals surface area (Å²) in [5, 5.41) is 2.03. The van der Waals surface area contributed by atoms with Crippen molar-refractivity contribution in [3.05, 3.63) is 78.2 Å². The number of para-hydroxylation sites is 2. The predicted molar refractivity (Wildman–Crippen MR) is 87.9 cm³/mol. The van der Waals surface area contributed by atoms with Crippen molar-refractivity contribution in [1.29, 1.82) is 0 Å². The van der Waals surface area contributed by atoms with Crippen LogP contribution in [0.1, 0.15) is 16.1 Å². The van der Waals surface area contributed by atoms with E-state index in [0.29, 0.717) is 5.76 Å². The van der Waals surface area contributed by atoms with Gasteiger partial charge in [-0.1, -0.05) is 36.4 Å². The molecule has 0 amide bonds. The van der Waals surface area contributed by atoms with Crippen LogP contribution in [0, 0.1) is 0 Å². The standard InChI is InChI=1S/C19H13NO2/c21-17(19-11-13-5-1-4-8-18(13)22-19)10-9-14-12-20-16-7-3-2-6-15(14)16/h1-12,20H/b10-9+. The van der Waals surface area contributed by atoms with Crippen LogP contribution in [0.2, 0.25) is 0 Å². The predicted octanol–water partition coefficient (Wildman–Crippen LogP) is 4.81. The first kappa shape index (κ1) is 12.7. The van der Waals surface area contributed by atoms with E-state index in [2.05, 4.69) is 4.98 Å². The van der Waals surface area contributed by atoms with Crippen LogP contribution in [-0.4, -0.2) is 10.8 Å². The number of fused-ring (bicyclic) bond motifs is 2. The van der Waals surface area contributed by atoms with Crippen molar-refractivity contribution in [3.63, 3.8) is 0 Å². The molecule has 0 aliphatic heterocycles. The average Bonchev–Trinajstić information content (AvgIpc) is 3.16. The number of benzene rings is 2. The number of aromatic amines is 1. The molecule has 1 N–H and O–H groups in total. The summed E-state index contributed by atoms with van der Waals surface area (Å²) in [7, 11) is 0. The first-order valence-electron chi connectivity index (χ1n) is 7.08. The van der Waals surface area contributed by atoms with Crippen LogP contribution < -0.4 is 0 Å². The number of carbonyl (C=O) groups excluding carboxylic acids is 1. The summed E-state index contributed by atoms with van der Waals surface area (Å²) < 4.78 is 5.58. The van der Waals surface area contributed by atoms with E-state index in [-0.39, 0.29) is 5.78 Å². The molecule has 4 aromatic rings. The first-order chi connectivity index (χ1) is 10.8. The van der Waals surface area contributed by atoms with Crippen molar-refractivity contribution in [2.75, 3.05) is 0 Å². The molecular formula is C19H13NO2. The monoisotopic (exact) mass is 287 g/mol. The molecule has 0 radical (unpaired) electrons. The van der Waals surface area contributed by atoms with Gasteiger partial charge < -0.3 is 9.40 Å². The zero-order valence-electron chi connectivity index (χ0n) is 11.7. The second-order valence-electron chi connectivity index (χ2n) is 5.14. The second-order valence-corrected chi connectivity index (χ2v) is 5.14. The number of carbonyl (C=O) groups is 1. The van der Waals surface area contributed by atoms with Gasteiger partial charge in [0.1, 0.15) is 5.58 Å². The molecule has 2 aromatic heterocycles. The average molecular weight is 287 g/mol. The van der Waals surface area contributed by atoms with Gasteiger partial charge in [-0.25, -0.2) is 0 Å². The van der Waals surface area contributed by atoms with Crippen LogP contribution in [0.5, 0.6) is 0 Å². The van der Waals surface area contributed by atoms with Gasteiger partial charge in [-0.2, -0.15) is 0 Å². The molecule has 22 heavy (non-hydrogen) atoms. The quantitative estimate of drug-likeness (QED) is 0.434. The molecule has 0 unspecified atom stereocenters. The molecule has 4 rings (SSSR count). The molecule has 3 nitrogen and oxygen atoms in total. The number of hydrogen-bond acceptors (Lipinski definition) is 2. The Labute approximate surface area is 126 Å². The molecule has 3 heteroatoms. The number of rotatable bonds is 3. The molecule has 0 bridgehead atoms. The second kappa shape index (κ2) is 5.04. The van der Waals surface area contributed by atoms with Crippen LogP contribution in [0.15, 0.2) is 71.3 Å². The van der Waals surface area contributed by atoms with Gasteiger partial charge in [0.05, 0.1) is 0 Å². The number of nitrogens with one attached hydrogen (secondary N) is 1. The van der Waals surface area contributed by atoms with Gasteiger partial charge in [0, 0.05) is 22.5 Å². The zero-order chi connectivity index (χ0) is 14.9. The topological polar surface area (TPSA) is 46.0 Å². The Balaban J connectivity index is 1.66. The Hall–Kier alpha value is -3.07. The Morgan fingerprint density at radius 3 is 2.77 bits per heavy atom. The minimum Gasteiger partial charge on any atom is -0.453 e. The van der Waals surface area contributed by atoms with Gasteiger partial charge in [-0.15, -0.1) is 0 Å². The Morgan fingerprint density at radius 2 is 1.86 bits per heavy atom. The lowest BCUT2D eigenvalue weighted by Crippen LogP contribution is -1.90. The third-order valence-corrected chi connectivity index (χ3v) is 3.70. The maximum atomic E-state index is 12.3. The Kier molecular flexibility index (Phi) is 2.90. The van der Waals surface area contributed by atoms with Gasteiger partial charge >= 0.3 is 0 Å². The zero-order valence-corrected chi connectivity index (χ0v) is 11.7. The summed E-state index contributed by atoms with van der Waals surface area (Å²) in [6.45, 7) is 0. The van der Waals surface area contributed by atoms with E-state index in [1.807, 2.05) is 60.8 Å². The highest BCUT2D eigenvalue weighted by Gasteiger charge is 2.09. The van der Waals surface area contributed by atoms with Crippen LogP contribution in [0.4, 0.5) is 0 Å². The number of ketones is 1. The third-order valence-electron chi connectivity index (χ3n) is 3.70. The lowest BCUT2D eigenvalue weighted by molar-refractivity contribution is 0.102. The molecule has 0 atom stereocenters. The fraction of sp³-hybridized carbons (Fsp3) is 0. The molecule has 0 saturated carbocycles. The van der Waals surface area contributed by atoms with Crippen LogP contribution in [0.3, 0.4) is 0 Å². The van der Waals surface area contributed by atoms with Crippen molar-refractivity contribution in [2.45, 2.75) is 0 Å². The van der Waals surface area contributed by atoms with Crippen molar-refractivity contribution < 1.29 is 9.21 Å². The first-order valence-corrected chi connectivity index (χ1v) is 7.08. The van der Waals surface area contributed by atoms with Crippen LogP contribution in [0.25, 0.3) is 27.9 Å². The van der Waals surface area contributed by atoms with E-state index in [9.17, 15) is 4.79 Å². The van der Waals surface area contributed by atoms with Gasteiger partial charge in [0.25, 0.3) is 0 Å². The normalized spacial score (nSPS) is 11.6. The molecule has 0 fully saturated rings. The van der Waals surface area contributed by atoms with Crippen molar-refractivity contribution in [2.24, 2.45) is 0 Å².